The molecule has 0 fully saturated rings. The average Bonchev–Trinajstić information content (AvgIpc) is 4.15. The van der Waals surface area contributed by atoms with Crippen LogP contribution in [0.5, 0.6) is 0 Å². The Bertz CT molecular complexity index is 3820. The molecule has 0 spiro atoms. The van der Waals surface area contributed by atoms with E-state index in [1.54, 1.807) is 0 Å². The van der Waals surface area contributed by atoms with Crippen LogP contribution < -0.4 is 0 Å². The fourth-order valence-electron chi connectivity index (χ4n) is 10.4. The Hall–Kier alpha value is -8.92. The third-order valence-electron chi connectivity index (χ3n) is 13.4. The topological polar surface area (TPSA) is 23.0 Å². The predicted octanol–water partition coefficient (Wildman–Crippen LogP) is 17.5. The first-order valence-electron chi connectivity index (χ1n) is 22.9. The number of benzene rings is 10. The van der Waals surface area contributed by atoms with Gasteiger partial charge in [-0.05, 0) is 133 Å². The van der Waals surface area contributed by atoms with Crippen LogP contribution in [-0.2, 0) is 0 Å². The fourth-order valence-corrected chi connectivity index (χ4v) is 10.4. The summed E-state index contributed by atoms with van der Waals surface area (Å²) in [5.74, 6) is 0. The molecule has 0 N–H and O–H groups in total. The van der Waals surface area contributed by atoms with E-state index in [1.807, 2.05) is 6.07 Å². The minimum atomic E-state index is 0.879. The summed E-state index contributed by atoms with van der Waals surface area (Å²) in [6, 6.07) is 92.1. The Kier molecular flexibility index (Phi) is 9.17. The zero-order chi connectivity index (χ0) is 44.3. The Balaban J connectivity index is 1.15. The van der Waals surface area contributed by atoms with Crippen molar-refractivity contribution >= 4 is 43.5 Å². The lowest BCUT2D eigenvalue weighted by Gasteiger charge is -2.22. The highest BCUT2D eigenvalue weighted by atomic mass is 16.3. The van der Waals surface area contributed by atoms with Crippen LogP contribution in [-0.4, -0.2) is 9.13 Å². The lowest BCUT2D eigenvalue weighted by atomic mass is 9.85. The van der Waals surface area contributed by atoms with Crippen LogP contribution in [0.15, 0.2) is 259 Å². The highest BCUT2D eigenvalue weighted by Crippen LogP contribution is 2.47. The van der Waals surface area contributed by atoms with E-state index >= 15 is 0 Å². The van der Waals surface area contributed by atoms with E-state index in [0.29, 0.717) is 0 Å². The van der Waals surface area contributed by atoms with E-state index in [9.17, 15) is 0 Å². The number of hydrogen-bond acceptors (Lipinski definition) is 1. The molecule has 13 rings (SSSR count). The SMILES string of the molecule is c1ccc(-c2c3ccc(-n4c(-c5ccccc5)ccc4-c4ccccc4)cc3c(-c3ccc4oc5ccccc5c4c3)c3ccc(-n4c(-c5ccccc5)ccc4-c4ccccc4)cc23)cc1. The van der Waals surface area contributed by atoms with Gasteiger partial charge in [-0.2, -0.15) is 0 Å². The van der Waals surface area contributed by atoms with Gasteiger partial charge in [0, 0.05) is 22.1 Å². The summed E-state index contributed by atoms with van der Waals surface area (Å²) in [6.07, 6.45) is 0. The smallest absolute Gasteiger partial charge is 0.135 e. The lowest BCUT2D eigenvalue weighted by Crippen LogP contribution is -2.02. The third-order valence-corrected chi connectivity index (χ3v) is 13.4. The van der Waals surface area contributed by atoms with Crippen LogP contribution >= 0.6 is 0 Å². The molecule has 0 bridgehead atoms. The lowest BCUT2D eigenvalue weighted by molar-refractivity contribution is 0.669. The molecule has 3 nitrogen and oxygen atoms in total. The van der Waals surface area contributed by atoms with Gasteiger partial charge >= 0.3 is 0 Å². The molecular weight excluding hydrogens is 813 g/mol. The molecule has 314 valence electrons. The van der Waals surface area contributed by atoms with Gasteiger partial charge in [-0.25, -0.2) is 0 Å². The van der Waals surface area contributed by atoms with Gasteiger partial charge in [0.15, 0.2) is 0 Å². The van der Waals surface area contributed by atoms with Gasteiger partial charge in [-0.3, -0.25) is 0 Å². The van der Waals surface area contributed by atoms with Crippen molar-refractivity contribution in [1.82, 2.24) is 9.13 Å². The molecule has 0 aliphatic carbocycles. The van der Waals surface area contributed by atoms with Crippen LogP contribution in [0, 0.1) is 0 Å². The Morgan fingerprint density at radius 1 is 0.224 bits per heavy atom. The molecule has 0 aliphatic rings. The van der Waals surface area contributed by atoms with Gasteiger partial charge in [0.25, 0.3) is 0 Å². The highest BCUT2D eigenvalue weighted by molar-refractivity contribution is 6.23. The van der Waals surface area contributed by atoms with Crippen LogP contribution in [0.4, 0.5) is 0 Å². The summed E-state index contributed by atoms with van der Waals surface area (Å²) >= 11 is 0. The van der Waals surface area contributed by atoms with Crippen molar-refractivity contribution in [2.24, 2.45) is 0 Å². The molecule has 0 radical (unpaired) electrons. The second-order valence-electron chi connectivity index (χ2n) is 17.2. The van der Waals surface area contributed by atoms with Gasteiger partial charge in [0.2, 0.25) is 0 Å². The van der Waals surface area contributed by atoms with Crippen molar-refractivity contribution in [2.75, 3.05) is 0 Å². The Morgan fingerprint density at radius 2 is 0.597 bits per heavy atom. The number of para-hydroxylation sites is 1. The Morgan fingerprint density at radius 3 is 1.04 bits per heavy atom. The maximum atomic E-state index is 6.42. The molecule has 3 aromatic heterocycles. The minimum Gasteiger partial charge on any atom is -0.456 e. The molecule has 0 aliphatic heterocycles. The van der Waals surface area contributed by atoms with Crippen LogP contribution in [0.25, 0.3) is 122 Å². The molecular formula is C64H42N2O. The van der Waals surface area contributed by atoms with Gasteiger partial charge in [0.1, 0.15) is 11.2 Å². The number of hydrogen-bond donors (Lipinski definition) is 0. The number of furan rings is 1. The van der Waals surface area contributed by atoms with Gasteiger partial charge in [0.05, 0.1) is 22.8 Å². The zero-order valence-electron chi connectivity index (χ0n) is 36.6. The second kappa shape index (κ2) is 16.0. The zero-order valence-corrected chi connectivity index (χ0v) is 36.6. The quantitative estimate of drug-likeness (QED) is 0.140. The monoisotopic (exact) mass is 854 g/mol. The van der Waals surface area contributed by atoms with E-state index in [0.717, 1.165) is 83.9 Å². The average molecular weight is 855 g/mol. The van der Waals surface area contributed by atoms with Crippen molar-refractivity contribution < 1.29 is 4.42 Å². The van der Waals surface area contributed by atoms with E-state index in [2.05, 4.69) is 258 Å². The van der Waals surface area contributed by atoms with Crippen molar-refractivity contribution in [3.05, 3.63) is 255 Å². The van der Waals surface area contributed by atoms with Crippen molar-refractivity contribution in [3.63, 3.8) is 0 Å². The van der Waals surface area contributed by atoms with E-state index in [1.165, 1.54) is 38.2 Å². The van der Waals surface area contributed by atoms with Crippen molar-refractivity contribution in [2.45, 2.75) is 0 Å². The van der Waals surface area contributed by atoms with Crippen LogP contribution in [0.2, 0.25) is 0 Å². The van der Waals surface area contributed by atoms with Crippen LogP contribution in [0.1, 0.15) is 0 Å². The molecule has 0 amide bonds. The fraction of sp³-hybridized carbons (Fsp3) is 0. The van der Waals surface area contributed by atoms with E-state index in [4.69, 9.17) is 4.42 Å². The molecule has 3 heterocycles. The molecule has 0 saturated carbocycles. The normalized spacial score (nSPS) is 11.6. The summed E-state index contributed by atoms with van der Waals surface area (Å²) in [5.41, 5.74) is 17.8. The maximum absolute atomic E-state index is 6.42. The summed E-state index contributed by atoms with van der Waals surface area (Å²) in [4.78, 5) is 0. The summed E-state index contributed by atoms with van der Waals surface area (Å²) < 4.78 is 11.3. The number of rotatable bonds is 8. The second-order valence-corrected chi connectivity index (χ2v) is 17.2. The molecule has 10 aromatic carbocycles. The van der Waals surface area contributed by atoms with Crippen molar-refractivity contribution in [1.29, 1.82) is 0 Å². The van der Waals surface area contributed by atoms with Gasteiger partial charge in [-0.1, -0.05) is 188 Å². The number of nitrogens with zero attached hydrogens (tertiary/aromatic N) is 2. The van der Waals surface area contributed by atoms with E-state index < -0.39 is 0 Å². The molecule has 67 heavy (non-hydrogen) atoms. The number of aromatic nitrogens is 2. The Labute approximate surface area is 388 Å². The summed E-state index contributed by atoms with van der Waals surface area (Å²) in [7, 11) is 0. The first-order chi connectivity index (χ1) is 33.2. The van der Waals surface area contributed by atoms with E-state index in [-0.39, 0.29) is 0 Å². The standard InChI is InChI=1S/C64H42N2O/c1-6-18-43(19-7-1)57-35-36-58(44-20-8-2-9-21-44)65(57)49-32-34-53-55(41-49)63(47-26-14-5-15-27-47)52-33-31-50(66-59(45-22-10-3-11-23-45)37-38-60(66)46-24-12-4-13-25-46)42-56(52)64(53)48-30-39-62-54(40-48)51-28-16-17-29-61(51)67-62/h1-42H. The molecule has 13 aromatic rings. The first kappa shape index (κ1) is 38.5. The summed E-state index contributed by atoms with van der Waals surface area (Å²) in [5, 5.41) is 6.92. The maximum Gasteiger partial charge on any atom is 0.135 e. The first-order valence-corrected chi connectivity index (χ1v) is 22.9. The minimum absolute atomic E-state index is 0.879. The van der Waals surface area contributed by atoms with Gasteiger partial charge in [-0.15, -0.1) is 0 Å². The third kappa shape index (κ3) is 6.51. The van der Waals surface area contributed by atoms with Gasteiger partial charge < -0.3 is 13.6 Å². The van der Waals surface area contributed by atoms with Crippen molar-refractivity contribution in [3.8, 4) is 78.7 Å². The summed E-state index contributed by atoms with van der Waals surface area (Å²) in [6.45, 7) is 0. The molecule has 0 saturated heterocycles. The van der Waals surface area contributed by atoms with Crippen LogP contribution in [0.3, 0.4) is 0 Å². The predicted molar refractivity (Wildman–Crippen MR) is 280 cm³/mol. The molecule has 3 heteroatoms. The highest BCUT2D eigenvalue weighted by Gasteiger charge is 2.23. The molecule has 0 atom stereocenters. The molecule has 0 unspecified atom stereocenters. The largest absolute Gasteiger partial charge is 0.456 e. The number of fused-ring (bicyclic) bond motifs is 5.